The zero-order chi connectivity index (χ0) is 21.4. The van der Waals surface area contributed by atoms with Gasteiger partial charge in [-0.25, -0.2) is 9.97 Å². The summed E-state index contributed by atoms with van der Waals surface area (Å²) in [4.78, 5) is 11.8. The zero-order valence-electron chi connectivity index (χ0n) is 17.4. The molecule has 5 nitrogen and oxygen atoms in total. The molecule has 2 saturated carbocycles. The molecule has 0 spiro atoms. The van der Waals surface area contributed by atoms with Crippen LogP contribution in [0.4, 0.5) is 24.8 Å². The molecule has 1 N–H and O–H groups in total. The first kappa shape index (κ1) is 20.4. The molecule has 2 aliphatic carbocycles. The average Bonchev–Trinajstić information content (AvgIpc) is 3.58. The number of nitrogens with zero attached hydrogens (tertiary/aromatic N) is 3. The molecule has 0 saturated heterocycles. The van der Waals surface area contributed by atoms with E-state index in [2.05, 4.69) is 15.0 Å². The van der Waals surface area contributed by atoms with Crippen molar-refractivity contribution in [3.05, 3.63) is 41.2 Å². The predicted molar refractivity (Wildman–Crippen MR) is 112 cm³/mol. The maximum atomic E-state index is 12.6. The lowest BCUT2D eigenvalue weighted by molar-refractivity contribution is -0.274. The fraction of sp³-hybridized carbons (Fsp3) is 0.565. The maximum Gasteiger partial charge on any atom is 0.573 e. The Hall–Kier alpha value is -2.51. The summed E-state index contributed by atoms with van der Waals surface area (Å²) in [6.07, 6.45) is 4.43. The van der Waals surface area contributed by atoms with Gasteiger partial charge < -0.3 is 15.0 Å². The van der Waals surface area contributed by atoms with Crippen LogP contribution in [0.1, 0.15) is 67.8 Å². The van der Waals surface area contributed by atoms with E-state index >= 15 is 0 Å². The molecule has 8 heteroatoms. The van der Waals surface area contributed by atoms with Crippen LogP contribution in [0.3, 0.4) is 0 Å². The summed E-state index contributed by atoms with van der Waals surface area (Å²) >= 11 is 0. The third-order valence-electron chi connectivity index (χ3n) is 6.38. The van der Waals surface area contributed by atoms with E-state index in [1.54, 1.807) is 6.07 Å². The number of halogens is 3. The molecule has 1 aromatic heterocycles. The first-order chi connectivity index (χ1) is 14.9. The van der Waals surface area contributed by atoms with Gasteiger partial charge in [-0.15, -0.1) is 13.2 Å². The highest BCUT2D eigenvalue weighted by Gasteiger charge is 2.32. The number of anilines is 2. The largest absolute Gasteiger partial charge is 0.573 e. The van der Waals surface area contributed by atoms with Crippen LogP contribution in [-0.2, 0) is 13.0 Å². The number of hydrogen-bond donors (Lipinski definition) is 1. The average molecular weight is 432 g/mol. The van der Waals surface area contributed by atoms with Gasteiger partial charge in [0.25, 0.3) is 0 Å². The monoisotopic (exact) mass is 432 g/mol. The third-order valence-corrected chi connectivity index (χ3v) is 6.38. The van der Waals surface area contributed by atoms with Crippen LogP contribution in [0.25, 0.3) is 0 Å². The summed E-state index contributed by atoms with van der Waals surface area (Å²) in [5.74, 6) is 2.86. The summed E-state index contributed by atoms with van der Waals surface area (Å²) in [6, 6.07) is 7.08. The van der Waals surface area contributed by atoms with Crippen LogP contribution in [0.2, 0.25) is 0 Å². The van der Waals surface area contributed by atoms with Gasteiger partial charge in [-0.1, -0.05) is 25.3 Å². The van der Waals surface area contributed by atoms with Crippen molar-refractivity contribution in [3.63, 3.8) is 0 Å². The van der Waals surface area contributed by atoms with Crippen LogP contribution in [0, 0.1) is 0 Å². The highest BCUT2D eigenvalue weighted by Crippen LogP contribution is 2.40. The Balaban J connectivity index is 1.38. The Morgan fingerprint density at radius 2 is 1.77 bits per heavy atom. The van der Waals surface area contributed by atoms with Crippen LogP contribution in [-0.4, -0.2) is 28.9 Å². The molecule has 2 heterocycles. The van der Waals surface area contributed by atoms with Gasteiger partial charge in [0.2, 0.25) is 0 Å². The molecule has 5 rings (SSSR count). The molecule has 0 unspecified atom stereocenters. The summed E-state index contributed by atoms with van der Waals surface area (Å²) in [7, 11) is 0. The van der Waals surface area contributed by atoms with Crippen LogP contribution in [0.15, 0.2) is 24.3 Å². The second kappa shape index (κ2) is 8.20. The second-order valence-electron chi connectivity index (χ2n) is 8.87. The van der Waals surface area contributed by atoms with Crippen molar-refractivity contribution in [2.24, 2.45) is 0 Å². The molecule has 31 heavy (non-hydrogen) atoms. The third kappa shape index (κ3) is 5.05. The zero-order valence-corrected chi connectivity index (χ0v) is 17.4. The summed E-state index contributed by atoms with van der Waals surface area (Å²) in [5.41, 5.74) is 1.91. The van der Waals surface area contributed by atoms with E-state index in [0.717, 1.165) is 67.2 Å². The Labute approximate surface area is 180 Å². The van der Waals surface area contributed by atoms with E-state index in [1.807, 2.05) is 6.07 Å². The van der Waals surface area contributed by atoms with E-state index in [0.29, 0.717) is 18.5 Å². The topological polar surface area (TPSA) is 50.3 Å². The van der Waals surface area contributed by atoms with Crippen molar-refractivity contribution in [1.82, 2.24) is 9.97 Å². The maximum absolute atomic E-state index is 12.6. The lowest BCUT2D eigenvalue weighted by atomic mass is 9.95. The number of ether oxygens (including phenoxy) is 1. The highest BCUT2D eigenvalue weighted by atomic mass is 19.4. The minimum absolute atomic E-state index is 0.172. The first-order valence-corrected chi connectivity index (χ1v) is 11.2. The molecule has 0 bridgehead atoms. The second-order valence-corrected chi connectivity index (χ2v) is 8.87. The normalized spacial score (nSPS) is 19.8. The van der Waals surface area contributed by atoms with Gasteiger partial charge in [0.05, 0.1) is 0 Å². The van der Waals surface area contributed by atoms with Crippen molar-refractivity contribution in [2.45, 2.75) is 76.2 Å². The molecule has 1 aliphatic heterocycles. The molecule has 0 amide bonds. The molecule has 1 aromatic carbocycles. The van der Waals surface area contributed by atoms with Gasteiger partial charge >= 0.3 is 6.36 Å². The van der Waals surface area contributed by atoms with Gasteiger partial charge in [0, 0.05) is 31.1 Å². The molecule has 2 fully saturated rings. The SMILES string of the molecule is FC(F)(F)Oc1ccc2c(c1)CN(c1cc(NC3CCCCC3)nc(C3CC3)n1)CC2. The number of benzene rings is 1. The highest BCUT2D eigenvalue weighted by molar-refractivity contribution is 5.53. The minimum Gasteiger partial charge on any atom is -0.406 e. The number of hydrogen-bond acceptors (Lipinski definition) is 5. The standard InChI is InChI=1S/C23H27F3N4O/c24-23(25,26)31-19-9-8-15-10-11-30(14-17(15)12-19)21-13-20(27-18-4-2-1-3-5-18)28-22(29-21)16-6-7-16/h8-9,12-13,16,18H,1-7,10-11,14H2,(H,27,28,29). The Bertz CT molecular complexity index is 939. The number of alkyl halides is 3. The molecular formula is C23H27F3N4O. The van der Waals surface area contributed by atoms with Gasteiger partial charge in [-0.05, 0) is 55.4 Å². The molecule has 166 valence electrons. The van der Waals surface area contributed by atoms with Gasteiger partial charge in [0.15, 0.2) is 0 Å². The van der Waals surface area contributed by atoms with Crippen LogP contribution < -0.4 is 15.0 Å². The van der Waals surface area contributed by atoms with Crippen molar-refractivity contribution in [3.8, 4) is 5.75 Å². The van der Waals surface area contributed by atoms with E-state index in [4.69, 9.17) is 9.97 Å². The van der Waals surface area contributed by atoms with Crippen molar-refractivity contribution in [2.75, 3.05) is 16.8 Å². The molecule has 0 atom stereocenters. The fourth-order valence-electron chi connectivity index (χ4n) is 4.59. The lowest BCUT2D eigenvalue weighted by Gasteiger charge is -2.31. The summed E-state index contributed by atoms with van der Waals surface area (Å²) in [6.45, 7) is 1.28. The Morgan fingerprint density at radius 1 is 0.968 bits per heavy atom. The van der Waals surface area contributed by atoms with Crippen molar-refractivity contribution >= 4 is 11.6 Å². The number of fused-ring (bicyclic) bond motifs is 1. The van der Waals surface area contributed by atoms with Crippen LogP contribution >= 0.6 is 0 Å². The lowest BCUT2D eigenvalue weighted by Crippen LogP contribution is -2.32. The van der Waals surface area contributed by atoms with E-state index in [1.165, 1.54) is 31.4 Å². The molecule has 2 aromatic rings. The van der Waals surface area contributed by atoms with Crippen LogP contribution in [0.5, 0.6) is 5.75 Å². The minimum atomic E-state index is -4.69. The predicted octanol–water partition coefficient (Wildman–Crippen LogP) is 5.56. The fourth-order valence-corrected chi connectivity index (χ4v) is 4.59. The molecular weight excluding hydrogens is 405 g/mol. The summed E-state index contributed by atoms with van der Waals surface area (Å²) < 4.78 is 42.0. The number of aromatic nitrogens is 2. The van der Waals surface area contributed by atoms with Gasteiger partial charge in [-0.3, -0.25) is 0 Å². The number of nitrogens with one attached hydrogen (secondary N) is 1. The van der Waals surface area contributed by atoms with E-state index < -0.39 is 6.36 Å². The summed E-state index contributed by atoms with van der Waals surface area (Å²) in [5, 5.41) is 3.61. The quantitative estimate of drug-likeness (QED) is 0.670. The van der Waals surface area contributed by atoms with Gasteiger partial charge in [0.1, 0.15) is 23.2 Å². The Morgan fingerprint density at radius 3 is 2.52 bits per heavy atom. The van der Waals surface area contributed by atoms with Gasteiger partial charge in [-0.2, -0.15) is 0 Å². The molecule has 3 aliphatic rings. The molecule has 0 radical (unpaired) electrons. The first-order valence-electron chi connectivity index (χ1n) is 11.2. The smallest absolute Gasteiger partial charge is 0.406 e. The Kier molecular flexibility index (Phi) is 5.40. The van der Waals surface area contributed by atoms with E-state index in [-0.39, 0.29) is 5.75 Å². The van der Waals surface area contributed by atoms with Crippen molar-refractivity contribution in [1.29, 1.82) is 0 Å². The van der Waals surface area contributed by atoms with Crippen molar-refractivity contribution < 1.29 is 17.9 Å². The number of rotatable bonds is 5. The van der Waals surface area contributed by atoms with E-state index in [9.17, 15) is 13.2 Å².